The van der Waals surface area contributed by atoms with E-state index in [4.69, 9.17) is 0 Å². The molecular formula is C20H22N6O2. The first-order valence-electron chi connectivity index (χ1n) is 9.59. The Kier molecular flexibility index (Phi) is 5.27. The molecule has 1 saturated carbocycles. The zero-order chi connectivity index (χ0) is 19.3. The van der Waals surface area contributed by atoms with Crippen LogP contribution in [-0.4, -0.2) is 25.9 Å². The van der Waals surface area contributed by atoms with E-state index in [1.807, 2.05) is 30.3 Å². The van der Waals surface area contributed by atoms with Gasteiger partial charge in [0.1, 0.15) is 6.33 Å². The highest BCUT2D eigenvalue weighted by molar-refractivity contribution is 5.93. The first-order chi connectivity index (χ1) is 13.7. The summed E-state index contributed by atoms with van der Waals surface area (Å²) in [5.74, 6) is 0.445. The molecule has 0 aliphatic heterocycles. The lowest BCUT2D eigenvalue weighted by Crippen LogP contribution is -2.20. The molecule has 0 radical (unpaired) electrons. The minimum absolute atomic E-state index is 0.132. The van der Waals surface area contributed by atoms with Crippen molar-refractivity contribution >= 4 is 33.9 Å². The van der Waals surface area contributed by atoms with Crippen molar-refractivity contribution in [1.82, 2.24) is 15.0 Å². The summed E-state index contributed by atoms with van der Waals surface area (Å²) in [6.45, 7) is 0. The van der Waals surface area contributed by atoms with Gasteiger partial charge in [0, 0.05) is 23.3 Å². The molecule has 2 aromatic heterocycles. The van der Waals surface area contributed by atoms with Gasteiger partial charge in [-0.3, -0.25) is 15.1 Å². The third-order valence-electron chi connectivity index (χ3n) is 5.10. The van der Waals surface area contributed by atoms with Crippen LogP contribution in [0.3, 0.4) is 0 Å². The van der Waals surface area contributed by atoms with Crippen LogP contribution in [0.25, 0.3) is 10.9 Å². The lowest BCUT2D eigenvalue weighted by atomic mass is 10.1. The Morgan fingerprint density at radius 1 is 0.964 bits per heavy atom. The Morgan fingerprint density at radius 3 is 2.54 bits per heavy atom. The Morgan fingerprint density at radius 2 is 1.75 bits per heavy atom. The molecule has 1 aromatic carbocycles. The predicted octanol–water partition coefficient (Wildman–Crippen LogP) is 4.81. The molecule has 0 bridgehead atoms. The molecular weight excluding hydrogens is 356 g/mol. The van der Waals surface area contributed by atoms with Crippen LogP contribution < -0.4 is 10.6 Å². The Bertz CT molecular complexity index is 980. The smallest absolute Gasteiger partial charge is 0.353 e. The van der Waals surface area contributed by atoms with Gasteiger partial charge in [-0.1, -0.05) is 31.7 Å². The second kappa shape index (κ2) is 8.16. The number of anilines is 3. The highest BCUT2D eigenvalue weighted by Gasteiger charge is 2.25. The van der Waals surface area contributed by atoms with E-state index in [1.54, 1.807) is 6.20 Å². The van der Waals surface area contributed by atoms with Gasteiger partial charge in [0.15, 0.2) is 0 Å². The highest BCUT2D eigenvalue weighted by Crippen LogP contribution is 2.34. The largest absolute Gasteiger partial charge is 0.361 e. The van der Waals surface area contributed by atoms with Crippen molar-refractivity contribution in [2.75, 3.05) is 10.6 Å². The highest BCUT2D eigenvalue weighted by atomic mass is 16.6. The summed E-state index contributed by atoms with van der Waals surface area (Å²) in [7, 11) is 0. The summed E-state index contributed by atoms with van der Waals surface area (Å²) >= 11 is 0. The molecule has 0 unspecified atom stereocenters. The van der Waals surface area contributed by atoms with Crippen LogP contribution in [0.4, 0.5) is 23.0 Å². The minimum atomic E-state index is -0.426. The van der Waals surface area contributed by atoms with E-state index in [9.17, 15) is 10.1 Å². The van der Waals surface area contributed by atoms with E-state index < -0.39 is 4.92 Å². The van der Waals surface area contributed by atoms with Crippen LogP contribution in [0.2, 0.25) is 0 Å². The average Bonchev–Trinajstić information content (AvgIpc) is 2.97. The van der Waals surface area contributed by atoms with E-state index in [0.717, 1.165) is 36.6 Å². The Hall–Kier alpha value is -3.29. The average molecular weight is 378 g/mol. The number of rotatable bonds is 5. The van der Waals surface area contributed by atoms with E-state index in [1.165, 1.54) is 19.2 Å². The quantitative estimate of drug-likeness (QED) is 0.373. The number of aromatic nitrogens is 3. The number of nitrogens with zero attached hydrogens (tertiary/aromatic N) is 4. The number of nitro groups is 1. The van der Waals surface area contributed by atoms with Gasteiger partial charge in [-0.05, 0) is 37.1 Å². The van der Waals surface area contributed by atoms with Gasteiger partial charge in [-0.15, -0.1) is 0 Å². The topological polar surface area (TPSA) is 106 Å². The van der Waals surface area contributed by atoms with Crippen molar-refractivity contribution in [2.24, 2.45) is 0 Å². The molecule has 144 valence electrons. The van der Waals surface area contributed by atoms with Gasteiger partial charge in [0.05, 0.1) is 10.4 Å². The summed E-state index contributed by atoms with van der Waals surface area (Å²) in [6, 6.07) is 9.56. The number of nitrogens with one attached hydrogen (secondary N) is 2. The van der Waals surface area contributed by atoms with Gasteiger partial charge in [0.2, 0.25) is 11.6 Å². The molecule has 0 spiro atoms. The standard InChI is InChI=1S/C20H22N6O2/c27-26(28)18-19(24-14-7-3-1-2-4-8-14)22-13-23-20(18)25-17-11-5-10-16-15(17)9-6-12-21-16/h5-6,9-14H,1-4,7-8H2,(H2,22,23,24,25). The van der Waals surface area contributed by atoms with Crippen molar-refractivity contribution in [3.63, 3.8) is 0 Å². The second-order valence-corrected chi connectivity index (χ2v) is 7.01. The van der Waals surface area contributed by atoms with Crippen LogP contribution >= 0.6 is 0 Å². The van der Waals surface area contributed by atoms with Crippen LogP contribution in [-0.2, 0) is 0 Å². The number of fused-ring (bicyclic) bond motifs is 1. The van der Waals surface area contributed by atoms with Crippen LogP contribution in [0.1, 0.15) is 38.5 Å². The molecule has 8 heteroatoms. The first-order valence-corrected chi connectivity index (χ1v) is 9.59. The summed E-state index contributed by atoms with van der Waals surface area (Å²) in [6.07, 6.45) is 9.76. The zero-order valence-electron chi connectivity index (χ0n) is 15.5. The van der Waals surface area contributed by atoms with Crippen LogP contribution in [0.15, 0.2) is 42.9 Å². The van der Waals surface area contributed by atoms with Crippen molar-refractivity contribution in [2.45, 2.75) is 44.6 Å². The molecule has 4 rings (SSSR count). The summed E-state index contributed by atoms with van der Waals surface area (Å²) < 4.78 is 0. The van der Waals surface area contributed by atoms with Crippen LogP contribution in [0.5, 0.6) is 0 Å². The van der Waals surface area contributed by atoms with Gasteiger partial charge in [-0.2, -0.15) is 0 Å². The first kappa shape index (κ1) is 18.1. The molecule has 1 aliphatic carbocycles. The fourth-order valence-corrected chi connectivity index (χ4v) is 3.71. The van der Waals surface area contributed by atoms with Crippen molar-refractivity contribution in [1.29, 1.82) is 0 Å². The molecule has 2 N–H and O–H groups in total. The van der Waals surface area contributed by atoms with Gasteiger partial charge in [0.25, 0.3) is 0 Å². The van der Waals surface area contributed by atoms with E-state index in [2.05, 4.69) is 25.6 Å². The summed E-state index contributed by atoms with van der Waals surface area (Å²) in [5, 5.41) is 19.1. The third kappa shape index (κ3) is 3.85. The maximum absolute atomic E-state index is 11.8. The molecule has 1 fully saturated rings. The van der Waals surface area contributed by atoms with E-state index >= 15 is 0 Å². The molecule has 1 aliphatic rings. The number of pyridine rings is 1. The zero-order valence-corrected chi connectivity index (χ0v) is 15.5. The monoisotopic (exact) mass is 378 g/mol. The van der Waals surface area contributed by atoms with Gasteiger partial charge < -0.3 is 10.6 Å². The maximum Gasteiger partial charge on any atom is 0.353 e. The van der Waals surface area contributed by atoms with E-state index in [-0.39, 0.29) is 23.4 Å². The lowest BCUT2D eigenvalue weighted by molar-refractivity contribution is -0.383. The maximum atomic E-state index is 11.8. The molecule has 0 atom stereocenters. The van der Waals surface area contributed by atoms with Gasteiger partial charge >= 0.3 is 5.69 Å². The number of hydrogen-bond acceptors (Lipinski definition) is 7. The molecule has 0 saturated heterocycles. The molecule has 0 amide bonds. The SMILES string of the molecule is O=[N+]([O-])c1c(Nc2cccc3ncccc23)ncnc1NC1CCCCCC1. The predicted molar refractivity (Wildman–Crippen MR) is 109 cm³/mol. The Balaban J connectivity index is 1.68. The van der Waals surface area contributed by atoms with Crippen molar-refractivity contribution in [3.05, 3.63) is 53.0 Å². The summed E-state index contributed by atoms with van der Waals surface area (Å²) in [5.41, 5.74) is 1.39. The van der Waals surface area contributed by atoms with Gasteiger partial charge in [-0.25, -0.2) is 9.97 Å². The summed E-state index contributed by atoms with van der Waals surface area (Å²) in [4.78, 5) is 24.1. The van der Waals surface area contributed by atoms with Crippen molar-refractivity contribution < 1.29 is 4.92 Å². The Labute approximate surface area is 162 Å². The molecule has 28 heavy (non-hydrogen) atoms. The van der Waals surface area contributed by atoms with Crippen molar-refractivity contribution in [3.8, 4) is 0 Å². The normalized spacial score (nSPS) is 15.1. The molecule has 2 heterocycles. The molecule has 3 aromatic rings. The fraction of sp³-hybridized carbons (Fsp3) is 0.350. The molecule has 8 nitrogen and oxygen atoms in total. The van der Waals surface area contributed by atoms with E-state index in [0.29, 0.717) is 5.69 Å². The lowest BCUT2D eigenvalue weighted by Gasteiger charge is -2.17. The number of hydrogen-bond donors (Lipinski definition) is 2. The second-order valence-electron chi connectivity index (χ2n) is 7.01. The van der Waals surface area contributed by atoms with Crippen LogP contribution in [0, 0.1) is 10.1 Å². The third-order valence-corrected chi connectivity index (χ3v) is 5.10. The minimum Gasteiger partial charge on any atom is -0.361 e. The fourth-order valence-electron chi connectivity index (χ4n) is 3.71. The number of benzene rings is 1.